The number of benzene rings is 1. The number of alkyl halides is 1. The number of anilines is 1. The molecule has 0 aromatic heterocycles. The number of fused-ring (bicyclic) bond motifs is 1. The van der Waals surface area contributed by atoms with Gasteiger partial charge < -0.3 is 4.90 Å². The Hall–Kier alpha value is -0.470. The molecule has 0 N–H and O–H groups in total. The zero-order valence-corrected chi connectivity index (χ0v) is 15.5. The van der Waals surface area contributed by atoms with E-state index in [4.69, 9.17) is 34.8 Å². The first-order valence-corrected chi connectivity index (χ1v) is 10.6. The fraction of sp³-hybridized carbons (Fsp3) is 0.385. The third kappa shape index (κ3) is 3.49. The van der Waals surface area contributed by atoms with Gasteiger partial charge in [-0.15, -0.1) is 11.6 Å². The predicted octanol–water partition coefficient (Wildman–Crippen LogP) is 2.83. The van der Waals surface area contributed by atoms with E-state index in [0.717, 1.165) is 0 Å². The number of rotatable bonds is 2. The van der Waals surface area contributed by atoms with E-state index in [1.165, 1.54) is 11.8 Å². The molecule has 124 valence electrons. The van der Waals surface area contributed by atoms with E-state index in [-0.39, 0.29) is 28.7 Å². The molecule has 0 bridgehead atoms. The summed E-state index contributed by atoms with van der Waals surface area (Å²) in [6.45, 7) is 0. The van der Waals surface area contributed by atoms with E-state index in [2.05, 4.69) is 4.99 Å². The topological polar surface area (TPSA) is 66.8 Å². The Bertz CT molecular complexity index is 798. The van der Waals surface area contributed by atoms with Crippen LogP contribution in [0.2, 0.25) is 10.0 Å². The number of halogens is 3. The van der Waals surface area contributed by atoms with Gasteiger partial charge in [-0.05, 0) is 18.2 Å². The van der Waals surface area contributed by atoms with Gasteiger partial charge in [0, 0.05) is 10.9 Å². The minimum absolute atomic E-state index is 0.0129. The van der Waals surface area contributed by atoms with Crippen molar-refractivity contribution in [2.75, 3.05) is 22.3 Å². The van der Waals surface area contributed by atoms with Gasteiger partial charge in [-0.25, -0.2) is 8.42 Å². The molecule has 2 atom stereocenters. The smallest absolute Gasteiger partial charge is 0.262 e. The first-order valence-electron chi connectivity index (χ1n) is 6.59. The van der Waals surface area contributed by atoms with Crippen LogP contribution in [0.25, 0.3) is 0 Å². The largest absolute Gasteiger partial charge is 0.316 e. The number of carbonyl (C=O) groups is 1. The van der Waals surface area contributed by atoms with E-state index < -0.39 is 15.7 Å². The summed E-state index contributed by atoms with van der Waals surface area (Å²) >= 11 is 18.8. The molecule has 5 nitrogen and oxygen atoms in total. The number of carbonyl (C=O) groups excluding carboxylic acids is 1. The standard InChI is InChI=1S/C13H11Cl3N2O3S2/c14-4-12(19)17-13-18(7-1-2-8(15)9(16)3-7)10-5-23(20,21)6-11(10)22-13/h1-3,10-11H,4-6H2/t10-,11-/m1/s1. The van der Waals surface area contributed by atoms with Gasteiger partial charge >= 0.3 is 0 Å². The van der Waals surface area contributed by atoms with Gasteiger partial charge in [-0.3, -0.25) is 4.79 Å². The number of hydrogen-bond acceptors (Lipinski definition) is 4. The van der Waals surface area contributed by atoms with E-state index in [9.17, 15) is 13.2 Å². The van der Waals surface area contributed by atoms with E-state index in [0.29, 0.717) is 20.9 Å². The molecular weight excluding hydrogens is 403 g/mol. The molecule has 3 rings (SSSR count). The summed E-state index contributed by atoms with van der Waals surface area (Å²) in [6, 6.07) is 4.70. The molecule has 1 aromatic rings. The second-order valence-corrected chi connectivity index (χ2v) is 9.63. The normalized spacial score (nSPS) is 27.4. The second-order valence-electron chi connectivity index (χ2n) is 5.19. The monoisotopic (exact) mass is 412 g/mol. The Morgan fingerprint density at radius 3 is 2.70 bits per heavy atom. The molecule has 0 saturated carbocycles. The van der Waals surface area contributed by atoms with Crippen molar-refractivity contribution in [1.82, 2.24) is 0 Å². The zero-order chi connectivity index (χ0) is 16.8. The molecule has 0 radical (unpaired) electrons. The van der Waals surface area contributed by atoms with Gasteiger partial charge in [0.15, 0.2) is 15.0 Å². The number of aliphatic imine (C=N–C) groups is 1. The Kier molecular flexibility index (Phi) is 4.86. The van der Waals surface area contributed by atoms with Crippen LogP contribution in [-0.4, -0.2) is 48.2 Å². The quantitative estimate of drug-likeness (QED) is 0.698. The summed E-state index contributed by atoms with van der Waals surface area (Å²) in [5.74, 6) is -0.623. The Morgan fingerprint density at radius 1 is 1.30 bits per heavy atom. The van der Waals surface area contributed by atoms with Gasteiger partial charge in [0.05, 0.1) is 27.6 Å². The van der Waals surface area contributed by atoms with Crippen molar-refractivity contribution < 1.29 is 13.2 Å². The maximum Gasteiger partial charge on any atom is 0.262 e. The first kappa shape index (κ1) is 17.4. The molecule has 0 aliphatic carbocycles. The highest BCUT2D eigenvalue weighted by Gasteiger charge is 2.49. The number of sulfone groups is 1. The molecule has 2 aliphatic heterocycles. The van der Waals surface area contributed by atoms with Crippen LogP contribution < -0.4 is 4.90 Å². The number of amides is 1. The molecule has 1 aromatic carbocycles. The van der Waals surface area contributed by atoms with Gasteiger partial charge in [0.2, 0.25) is 0 Å². The summed E-state index contributed by atoms with van der Waals surface area (Å²) in [7, 11) is -3.11. The number of thioether (sulfide) groups is 1. The van der Waals surface area contributed by atoms with E-state index in [1.54, 1.807) is 23.1 Å². The van der Waals surface area contributed by atoms with Gasteiger partial charge in [-0.2, -0.15) is 4.99 Å². The first-order chi connectivity index (χ1) is 10.8. The average Bonchev–Trinajstić information content (AvgIpc) is 2.93. The molecule has 2 saturated heterocycles. The highest BCUT2D eigenvalue weighted by atomic mass is 35.5. The Labute approximate surface area is 152 Å². The van der Waals surface area contributed by atoms with E-state index in [1.807, 2.05) is 0 Å². The van der Waals surface area contributed by atoms with Crippen LogP contribution >= 0.6 is 46.6 Å². The molecular formula is C13H11Cl3N2O3S2. The second kappa shape index (κ2) is 6.44. The van der Waals surface area contributed by atoms with Crippen molar-refractivity contribution in [3.8, 4) is 0 Å². The van der Waals surface area contributed by atoms with Gasteiger partial charge in [0.25, 0.3) is 5.91 Å². The SMILES string of the molecule is O=C(CCl)N=C1S[C@@H]2CS(=O)(=O)C[C@H]2N1c1ccc(Cl)c(Cl)c1. The summed E-state index contributed by atoms with van der Waals surface area (Å²) < 4.78 is 23.8. The lowest BCUT2D eigenvalue weighted by atomic mass is 10.2. The van der Waals surface area contributed by atoms with Crippen LogP contribution in [0.15, 0.2) is 23.2 Å². The Balaban J connectivity index is 2.04. The Morgan fingerprint density at radius 2 is 2.04 bits per heavy atom. The van der Waals surface area contributed by atoms with Crippen molar-refractivity contribution in [2.45, 2.75) is 11.3 Å². The lowest BCUT2D eigenvalue weighted by Gasteiger charge is -2.24. The average molecular weight is 414 g/mol. The molecule has 10 heteroatoms. The molecule has 2 aliphatic rings. The minimum Gasteiger partial charge on any atom is -0.316 e. The van der Waals surface area contributed by atoms with Crippen molar-refractivity contribution in [2.24, 2.45) is 4.99 Å². The van der Waals surface area contributed by atoms with Gasteiger partial charge in [0.1, 0.15) is 5.88 Å². The van der Waals surface area contributed by atoms with E-state index >= 15 is 0 Å². The van der Waals surface area contributed by atoms with Crippen LogP contribution in [0.4, 0.5) is 5.69 Å². The molecule has 0 spiro atoms. The molecule has 1 amide bonds. The number of nitrogens with zero attached hydrogens (tertiary/aromatic N) is 2. The molecule has 2 fully saturated rings. The van der Waals surface area contributed by atoms with Crippen molar-refractivity contribution >= 4 is 73.2 Å². The molecule has 0 unspecified atom stereocenters. The third-order valence-corrected chi connectivity index (χ3v) is 7.76. The fourth-order valence-corrected chi connectivity index (χ4v) is 6.92. The highest BCUT2D eigenvalue weighted by Crippen LogP contribution is 2.42. The summed E-state index contributed by atoms with van der Waals surface area (Å²) in [5, 5.41) is 1.02. The third-order valence-electron chi connectivity index (χ3n) is 3.58. The van der Waals surface area contributed by atoms with Crippen LogP contribution in [0.3, 0.4) is 0 Å². The van der Waals surface area contributed by atoms with Crippen LogP contribution in [0.5, 0.6) is 0 Å². The molecule has 2 heterocycles. The fourth-order valence-electron chi connectivity index (χ4n) is 2.64. The molecule has 23 heavy (non-hydrogen) atoms. The lowest BCUT2D eigenvalue weighted by molar-refractivity contribution is -0.115. The number of hydrogen-bond donors (Lipinski definition) is 0. The van der Waals surface area contributed by atoms with Crippen LogP contribution in [0, 0.1) is 0 Å². The number of amidine groups is 1. The van der Waals surface area contributed by atoms with Crippen molar-refractivity contribution in [3.05, 3.63) is 28.2 Å². The summed E-state index contributed by atoms with van der Waals surface area (Å²) in [4.78, 5) is 17.3. The maximum atomic E-state index is 11.9. The predicted molar refractivity (Wildman–Crippen MR) is 95.9 cm³/mol. The van der Waals surface area contributed by atoms with Crippen molar-refractivity contribution in [1.29, 1.82) is 0 Å². The van der Waals surface area contributed by atoms with Crippen LogP contribution in [0.1, 0.15) is 0 Å². The van der Waals surface area contributed by atoms with Crippen LogP contribution in [-0.2, 0) is 14.6 Å². The zero-order valence-electron chi connectivity index (χ0n) is 11.6. The highest BCUT2D eigenvalue weighted by molar-refractivity contribution is 8.16. The van der Waals surface area contributed by atoms with Gasteiger partial charge in [-0.1, -0.05) is 35.0 Å². The minimum atomic E-state index is -3.11. The summed E-state index contributed by atoms with van der Waals surface area (Å²) in [6.07, 6.45) is 0. The maximum absolute atomic E-state index is 11.9. The summed E-state index contributed by atoms with van der Waals surface area (Å²) in [5.41, 5.74) is 0.651. The lowest BCUT2D eigenvalue weighted by Crippen LogP contribution is -2.37. The van der Waals surface area contributed by atoms with Crippen molar-refractivity contribution in [3.63, 3.8) is 0 Å².